The van der Waals surface area contributed by atoms with Gasteiger partial charge in [-0.1, -0.05) is 48.5 Å². The van der Waals surface area contributed by atoms with Crippen LogP contribution in [0.1, 0.15) is 35.7 Å². The van der Waals surface area contributed by atoms with Crippen molar-refractivity contribution in [2.75, 3.05) is 6.54 Å². The minimum Gasteiger partial charge on any atom is -0.488 e. The lowest BCUT2D eigenvalue weighted by Crippen LogP contribution is -2.43. The van der Waals surface area contributed by atoms with Gasteiger partial charge in [0.2, 0.25) is 0 Å². The third kappa shape index (κ3) is 4.62. The maximum Gasteiger partial charge on any atom is 0.192 e. The zero-order valence-electron chi connectivity index (χ0n) is 17.7. The average molecular weight is 405 g/mol. The molecule has 4 rings (SSSR count). The van der Waals surface area contributed by atoms with Crippen LogP contribution < -0.4 is 15.4 Å². The lowest BCUT2D eigenvalue weighted by molar-refractivity contribution is 0.234. The molecular formula is C23H28N6O. The van der Waals surface area contributed by atoms with Crippen LogP contribution in [-0.2, 0) is 20.0 Å². The first-order valence-corrected chi connectivity index (χ1v) is 10.3. The van der Waals surface area contributed by atoms with Crippen molar-refractivity contribution in [1.29, 1.82) is 0 Å². The Labute approximate surface area is 177 Å². The van der Waals surface area contributed by atoms with E-state index in [1.807, 2.05) is 48.9 Å². The Kier molecular flexibility index (Phi) is 5.97. The molecule has 2 heterocycles. The Balaban J connectivity index is 1.44. The maximum absolute atomic E-state index is 6.06. The van der Waals surface area contributed by atoms with Gasteiger partial charge in [0, 0.05) is 13.5 Å². The quantitative estimate of drug-likeness (QED) is 0.488. The number of fused-ring (bicyclic) bond motifs is 1. The van der Waals surface area contributed by atoms with Gasteiger partial charge in [0.05, 0.1) is 12.6 Å². The molecule has 0 saturated heterocycles. The van der Waals surface area contributed by atoms with E-state index in [-0.39, 0.29) is 12.1 Å². The van der Waals surface area contributed by atoms with Crippen molar-refractivity contribution >= 4 is 5.96 Å². The highest BCUT2D eigenvalue weighted by atomic mass is 16.5. The highest BCUT2D eigenvalue weighted by Gasteiger charge is 2.22. The molecule has 3 aromatic rings. The fraction of sp³-hybridized carbons (Fsp3) is 0.348. The Morgan fingerprint density at radius 2 is 1.93 bits per heavy atom. The maximum atomic E-state index is 6.06. The van der Waals surface area contributed by atoms with Gasteiger partial charge in [-0.25, -0.2) is 4.99 Å². The number of nitrogens with zero attached hydrogens (tertiary/aromatic N) is 4. The van der Waals surface area contributed by atoms with E-state index in [9.17, 15) is 0 Å². The Morgan fingerprint density at radius 1 is 1.17 bits per heavy atom. The number of aromatic nitrogens is 3. The molecule has 2 unspecified atom stereocenters. The number of guanidine groups is 1. The van der Waals surface area contributed by atoms with E-state index in [1.165, 1.54) is 11.1 Å². The van der Waals surface area contributed by atoms with Crippen LogP contribution in [-0.4, -0.2) is 33.4 Å². The van der Waals surface area contributed by atoms with Gasteiger partial charge in [-0.2, -0.15) is 0 Å². The molecule has 0 bridgehead atoms. The van der Waals surface area contributed by atoms with Crippen molar-refractivity contribution in [3.8, 4) is 5.75 Å². The van der Waals surface area contributed by atoms with Gasteiger partial charge in [0.25, 0.3) is 0 Å². The summed E-state index contributed by atoms with van der Waals surface area (Å²) < 4.78 is 8.02. The van der Waals surface area contributed by atoms with Crippen LogP contribution in [0.15, 0.2) is 59.6 Å². The second-order valence-corrected chi connectivity index (χ2v) is 7.60. The Bertz CT molecular complexity index is 989. The molecule has 0 spiro atoms. The Morgan fingerprint density at radius 3 is 2.67 bits per heavy atom. The number of hydrogen-bond acceptors (Lipinski definition) is 4. The lowest BCUT2D eigenvalue weighted by atomic mass is 10.1. The van der Waals surface area contributed by atoms with E-state index >= 15 is 0 Å². The van der Waals surface area contributed by atoms with Gasteiger partial charge in [-0.15, -0.1) is 10.2 Å². The van der Waals surface area contributed by atoms with Crippen molar-refractivity contribution in [2.45, 2.75) is 39.0 Å². The molecule has 1 aliphatic heterocycles. The second kappa shape index (κ2) is 8.98. The average Bonchev–Trinajstić information content (AvgIpc) is 3.33. The van der Waals surface area contributed by atoms with Crippen LogP contribution in [0, 0.1) is 6.92 Å². The monoisotopic (exact) mass is 404 g/mol. The highest BCUT2D eigenvalue weighted by molar-refractivity contribution is 5.80. The van der Waals surface area contributed by atoms with E-state index in [1.54, 1.807) is 0 Å². The fourth-order valence-corrected chi connectivity index (χ4v) is 3.50. The summed E-state index contributed by atoms with van der Waals surface area (Å²) in [6.45, 7) is 5.17. The summed E-state index contributed by atoms with van der Waals surface area (Å²) in [6, 6.07) is 18.6. The summed E-state index contributed by atoms with van der Waals surface area (Å²) in [5.41, 5.74) is 2.45. The topological polar surface area (TPSA) is 76.4 Å². The predicted molar refractivity (Wildman–Crippen MR) is 117 cm³/mol. The van der Waals surface area contributed by atoms with Crippen LogP contribution in [0.5, 0.6) is 5.75 Å². The molecule has 0 saturated carbocycles. The van der Waals surface area contributed by atoms with E-state index in [0.717, 1.165) is 29.8 Å². The molecule has 0 amide bonds. The van der Waals surface area contributed by atoms with Crippen LogP contribution in [0.3, 0.4) is 0 Å². The van der Waals surface area contributed by atoms with Crippen molar-refractivity contribution in [3.05, 3.63) is 77.4 Å². The van der Waals surface area contributed by atoms with Crippen LogP contribution >= 0.6 is 0 Å². The number of nitrogens with one attached hydrogen (secondary N) is 2. The highest BCUT2D eigenvalue weighted by Crippen LogP contribution is 2.27. The number of ether oxygens (including phenoxy) is 1. The van der Waals surface area contributed by atoms with Crippen LogP contribution in [0.4, 0.5) is 0 Å². The summed E-state index contributed by atoms with van der Waals surface area (Å²) in [5, 5.41) is 15.3. The van der Waals surface area contributed by atoms with Crippen LogP contribution in [0.2, 0.25) is 0 Å². The van der Waals surface area contributed by atoms with Gasteiger partial charge in [-0.3, -0.25) is 0 Å². The van der Waals surface area contributed by atoms with Gasteiger partial charge < -0.3 is 19.9 Å². The zero-order chi connectivity index (χ0) is 20.9. The third-order valence-electron chi connectivity index (χ3n) is 5.43. The number of benzene rings is 2. The first-order chi connectivity index (χ1) is 14.6. The molecule has 0 radical (unpaired) electrons. The molecule has 0 aliphatic carbocycles. The molecule has 2 aromatic carbocycles. The summed E-state index contributed by atoms with van der Waals surface area (Å²) in [7, 11) is 1.96. The zero-order valence-corrected chi connectivity index (χ0v) is 17.7. The van der Waals surface area contributed by atoms with Crippen LogP contribution in [0.25, 0.3) is 0 Å². The summed E-state index contributed by atoms with van der Waals surface area (Å²) >= 11 is 0. The third-order valence-corrected chi connectivity index (χ3v) is 5.43. The molecule has 2 atom stereocenters. The van der Waals surface area contributed by atoms with E-state index < -0.39 is 0 Å². The summed E-state index contributed by atoms with van der Waals surface area (Å²) in [4.78, 5) is 4.76. The molecule has 1 aromatic heterocycles. The molecular weight excluding hydrogens is 376 g/mol. The summed E-state index contributed by atoms with van der Waals surface area (Å²) in [6.07, 6.45) is 0.978. The molecule has 2 N–H and O–H groups in total. The molecule has 30 heavy (non-hydrogen) atoms. The van der Waals surface area contributed by atoms with Crippen molar-refractivity contribution in [2.24, 2.45) is 12.0 Å². The predicted octanol–water partition coefficient (Wildman–Crippen LogP) is 2.92. The largest absolute Gasteiger partial charge is 0.488 e. The van der Waals surface area contributed by atoms with Crippen molar-refractivity contribution in [3.63, 3.8) is 0 Å². The summed E-state index contributed by atoms with van der Waals surface area (Å²) in [5.74, 6) is 3.40. The first kappa shape index (κ1) is 19.9. The number of aliphatic imine (C=N–C) groups is 1. The second-order valence-electron chi connectivity index (χ2n) is 7.60. The van der Waals surface area contributed by atoms with E-state index in [0.29, 0.717) is 13.1 Å². The number of para-hydroxylation sites is 1. The number of rotatable bonds is 6. The SMILES string of the molecule is Cc1nnc(CN=C(NCC2Cc3ccccc3O2)NC(C)c2ccccc2)n1C. The van der Waals surface area contributed by atoms with Gasteiger partial charge >= 0.3 is 0 Å². The first-order valence-electron chi connectivity index (χ1n) is 10.3. The molecule has 156 valence electrons. The molecule has 0 fully saturated rings. The van der Waals surface area contributed by atoms with E-state index in [2.05, 4.69) is 52.0 Å². The van der Waals surface area contributed by atoms with Gasteiger partial charge in [0.1, 0.15) is 24.2 Å². The van der Waals surface area contributed by atoms with Gasteiger partial charge in [0.15, 0.2) is 11.8 Å². The minimum absolute atomic E-state index is 0.0819. The van der Waals surface area contributed by atoms with Crippen molar-refractivity contribution in [1.82, 2.24) is 25.4 Å². The molecule has 7 heteroatoms. The number of aryl methyl sites for hydroxylation is 1. The standard InChI is InChI=1S/C23H28N6O/c1-16(18-9-5-4-6-10-18)26-23(25-15-22-28-27-17(2)29(22)3)24-14-20-13-19-11-7-8-12-21(19)30-20/h4-12,16,20H,13-15H2,1-3H3,(H2,24,25,26). The molecule has 7 nitrogen and oxygen atoms in total. The Hall–Kier alpha value is -3.35. The fourth-order valence-electron chi connectivity index (χ4n) is 3.50. The minimum atomic E-state index is 0.0819. The van der Waals surface area contributed by atoms with E-state index in [4.69, 9.17) is 9.73 Å². The van der Waals surface area contributed by atoms with Crippen molar-refractivity contribution < 1.29 is 4.74 Å². The molecule has 1 aliphatic rings. The van der Waals surface area contributed by atoms with Gasteiger partial charge in [-0.05, 0) is 31.0 Å². The number of hydrogen-bond donors (Lipinski definition) is 2. The smallest absolute Gasteiger partial charge is 0.192 e. The lowest BCUT2D eigenvalue weighted by Gasteiger charge is -2.20. The normalized spacial score (nSPS) is 16.6.